The van der Waals surface area contributed by atoms with Crippen LogP contribution in [0.5, 0.6) is 11.5 Å². The third kappa shape index (κ3) is 3.13. The van der Waals surface area contributed by atoms with Crippen molar-refractivity contribution in [2.24, 2.45) is 0 Å². The molecule has 0 fully saturated rings. The number of sulfonamides is 1. The number of carbonyl (C=O) groups excluding carboxylic acids is 1. The Labute approximate surface area is 140 Å². The highest BCUT2D eigenvalue weighted by atomic mass is 32.2. The Hall–Kier alpha value is -2.38. The monoisotopic (exact) mass is 347 g/mol. The average Bonchev–Trinajstić information content (AvgIpc) is 3.02. The molecule has 0 bridgehead atoms. The van der Waals surface area contributed by atoms with E-state index >= 15 is 0 Å². The molecule has 1 aliphatic rings. The third-order valence-electron chi connectivity index (χ3n) is 3.79. The van der Waals surface area contributed by atoms with Crippen molar-refractivity contribution in [3.63, 3.8) is 0 Å². The number of rotatable bonds is 5. The van der Waals surface area contributed by atoms with Crippen molar-refractivity contribution in [2.75, 3.05) is 13.8 Å². The summed E-state index contributed by atoms with van der Waals surface area (Å²) in [7, 11) is -2.20. The summed E-state index contributed by atoms with van der Waals surface area (Å²) in [4.78, 5) is 11.6. The van der Waals surface area contributed by atoms with Crippen LogP contribution in [0.4, 0.5) is 0 Å². The Balaban J connectivity index is 1.84. The lowest BCUT2D eigenvalue weighted by Crippen LogP contribution is -2.26. The predicted octanol–water partition coefficient (Wildman–Crippen LogP) is 2.44. The van der Waals surface area contributed by atoms with Gasteiger partial charge in [0.05, 0.1) is 4.90 Å². The first kappa shape index (κ1) is 16.5. The van der Waals surface area contributed by atoms with Crippen molar-refractivity contribution in [1.29, 1.82) is 0 Å². The molecule has 0 amide bonds. The number of benzene rings is 2. The molecule has 0 aromatic heterocycles. The lowest BCUT2D eigenvalue weighted by Gasteiger charge is -2.18. The topological polar surface area (TPSA) is 72.9 Å². The maximum atomic E-state index is 12.7. The Morgan fingerprint density at radius 1 is 1.12 bits per heavy atom. The van der Waals surface area contributed by atoms with Gasteiger partial charge in [0.15, 0.2) is 17.3 Å². The Morgan fingerprint density at radius 3 is 2.62 bits per heavy atom. The van der Waals surface area contributed by atoms with Gasteiger partial charge in [0, 0.05) is 19.2 Å². The number of hydrogen-bond acceptors (Lipinski definition) is 5. The SMILES string of the molecule is CC(=O)c1cccc(S(=O)(=O)N(C)Cc2ccc3c(c2)OCO3)c1. The van der Waals surface area contributed by atoms with Crippen molar-refractivity contribution in [3.8, 4) is 11.5 Å². The molecule has 2 aromatic rings. The number of Topliss-reactive ketones (excluding diaryl/α,β-unsaturated/α-hetero) is 1. The van der Waals surface area contributed by atoms with Crippen LogP contribution in [-0.2, 0) is 16.6 Å². The van der Waals surface area contributed by atoms with Crippen LogP contribution in [-0.4, -0.2) is 32.3 Å². The highest BCUT2D eigenvalue weighted by Crippen LogP contribution is 2.33. The zero-order valence-corrected chi connectivity index (χ0v) is 14.2. The minimum Gasteiger partial charge on any atom is -0.454 e. The molecule has 0 N–H and O–H groups in total. The van der Waals surface area contributed by atoms with Gasteiger partial charge in [-0.2, -0.15) is 4.31 Å². The lowest BCUT2D eigenvalue weighted by molar-refractivity contribution is 0.101. The van der Waals surface area contributed by atoms with E-state index in [1.165, 1.54) is 30.4 Å². The Bertz CT molecular complexity index is 892. The molecular formula is C17H17NO5S. The zero-order valence-electron chi connectivity index (χ0n) is 13.4. The molecule has 0 spiro atoms. The Kier molecular flexibility index (Phi) is 4.29. The summed E-state index contributed by atoms with van der Waals surface area (Å²) in [6.45, 7) is 1.76. The molecular weight excluding hydrogens is 330 g/mol. The molecule has 0 unspecified atom stereocenters. The summed E-state index contributed by atoms with van der Waals surface area (Å²) in [6, 6.07) is 11.4. The van der Waals surface area contributed by atoms with Gasteiger partial charge in [-0.15, -0.1) is 0 Å². The van der Waals surface area contributed by atoms with Crippen LogP contribution in [0.2, 0.25) is 0 Å². The van der Waals surface area contributed by atoms with Crippen molar-refractivity contribution in [3.05, 3.63) is 53.6 Å². The summed E-state index contributed by atoms with van der Waals surface area (Å²) >= 11 is 0. The molecule has 3 rings (SSSR count). The highest BCUT2D eigenvalue weighted by molar-refractivity contribution is 7.89. The van der Waals surface area contributed by atoms with Crippen LogP contribution >= 0.6 is 0 Å². The normalized spacial score (nSPS) is 13.3. The summed E-state index contributed by atoms with van der Waals surface area (Å²) in [6.07, 6.45) is 0. The van der Waals surface area contributed by atoms with Crippen molar-refractivity contribution < 1.29 is 22.7 Å². The Morgan fingerprint density at radius 2 is 1.88 bits per heavy atom. The summed E-state index contributed by atoms with van der Waals surface area (Å²) in [5.41, 5.74) is 1.15. The van der Waals surface area contributed by atoms with E-state index < -0.39 is 10.0 Å². The molecule has 0 saturated carbocycles. The van der Waals surface area contributed by atoms with Crippen molar-refractivity contribution in [2.45, 2.75) is 18.4 Å². The molecule has 126 valence electrons. The fraction of sp³-hybridized carbons (Fsp3) is 0.235. The van der Waals surface area contributed by atoms with E-state index in [4.69, 9.17) is 9.47 Å². The van der Waals surface area contributed by atoms with Gasteiger partial charge in [0.25, 0.3) is 0 Å². The molecule has 1 heterocycles. The first-order valence-electron chi connectivity index (χ1n) is 7.34. The second-order valence-corrected chi connectivity index (χ2v) is 7.58. The number of fused-ring (bicyclic) bond motifs is 1. The van der Waals surface area contributed by atoms with Crippen molar-refractivity contribution in [1.82, 2.24) is 4.31 Å². The standard InChI is InChI=1S/C17H17NO5S/c1-12(19)14-4-3-5-15(9-14)24(20,21)18(2)10-13-6-7-16-17(8-13)23-11-22-16/h3-9H,10-11H2,1-2H3. The second kappa shape index (κ2) is 6.26. The fourth-order valence-electron chi connectivity index (χ4n) is 2.44. The smallest absolute Gasteiger partial charge is 0.243 e. The van der Waals surface area contributed by atoms with Gasteiger partial charge < -0.3 is 9.47 Å². The molecule has 6 nitrogen and oxygen atoms in total. The molecule has 0 saturated heterocycles. The number of ether oxygens (including phenoxy) is 2. The number of nitrogens with zero attached hydrogens (tertiary/aromatic N) is 1. The lowest BCUT2D eigenvalue weighted by atomic mass is 10.2. The van der Waals surface area contributed by atoms with Crippen LogP contribution in [0.15, 0.2) is 47.4 Å². The van der Waals surface area contributed by atoms with Gasteiger partial charge in [-0.1, -0.05) is 18.2 Å². The first-order valence-corrected chi connectivity index (χ1v) is 8.78. The quantitative estimate of drug-likeness (QED) is 0.777. The molecule has 0 atom stereocenters. The molecule has 7 heteroatoms. The molecule has 0 aliphatic carbocycles. The number of carbonyl (C=O) groups is 1. The van der Waals surface area contributed by atoms with Gasteiger partial charge in [-0.05, 0) is 36.8 Å². The minimum absolute atomic E-state index is 0.0958. The van der Waals surface area contributed by atoms with Crippen molar-refractivity contribution >= 4 is 15.8 Å². The number of ketones is 1. The zero-order chi connectivity index (χ0) is 17.3. The molecule has 2 aromatic carbocycles. The van der Waals surface area contributed by atoms with E-state index in [0.717, 1.165) is 5.56 Å². The fourth-order valence-corrected chi connectivity index (χ4v) is 3.64. The predicted molar refractivity (Wildman–Crippen MR) is 87.7 cm³/mol. The molecule has 24 heavy (non-hydrogen) atoms. The third-order valence-corrected chi connectivity index (χ3v) is 5.59. The maximum absolute atomic E-state index is 12.7. The second-order valence-electron chi connectivity index (χ2n) is 5.53. The van der Waals surface area contributed by atoms with Crippen LogP contribution in [0, 0.1) is 0 Å². The average molecular weight is 347 g/mol. The first-order chi connectivity index (χ1) is 11.4. The van der Waals surface area contributed by atoms with Crippen LogP contribution in [0.3, 0.4) is 0 Å². The highest BCUT2D eigenvalue weighted by Gasteiger charge is 2.22. The molecule has 0 radical (unpaired) electrons. The van der Waals surface area contributed by atoms with Gasteiger partial charge in [0.2, 0.25) is 16.8 Å². The van der Waals surface area contributed by atoms with Gasteiger partial charge in [-0.25, -0.2) is 8.42 Å². The van der Waals surface area contributed by atoms with E-state index in [9.17, 15) is 13.2 Å². The largest absolute Gasteiger partial charge is 0.454 e. The van der Waals surface area contributed by atoms with E-state index in [0.29, 0.717) is 17.1 Å². The van der Waals surface area contributed by atoms with E-state index in [2.05, 4.69) is 0 Å². The van der Waals surface area contributed by atoms with E-state index in [1.54, 1.807) is 30.3 Å². The van der Waals surface area contributed by atoms with Crippen LogP contribution < -0.4 is 9.47 Å². The van der Waals surface area contributed by atoms with Crippen LogP contribution in [0.1, 0.15) is 22.8 Å². The minimum atomic E-state index is -3.70. The van der Waals surface area contributed by atoms with Crippen LogP contribution in [0.25, 0.3) is 0 Å². The summed E-state index contributed by atoms with van der Waals surface area (Å²) in [5, 5.41) is 0. The maximum Gasteiger partial charge on any atom is 0.243 e. The van der Waals surface area contributed by atoms with Gasteiger partial charge >= 0.3 is 0 Å². The number of hydrogen-bond donors (Lipinski definition) is 0. The van der Waals surface area contributed by atoms with Gasteiger partial charge in [0.1, 0.15) is 0 Å². The van der Waals surface area contributed by atoms with E-state index in [1.807, 2.05) is 0 Å². The van der Waals surface area contributed by atoms with E-state index in [-0.39, 0.29) is 24.0 Å². The summed E-state index contributed by atoms with van der Waals surface area (Å²) in [5.74, 6) is 1.08. The molecule has 1 aliphatic heterocycles. The van der Waals surface area contributed by atoms with Gasteiger partial charge in [-0.3, -0.25) is 4.79 Å². The summed E-state index contributed by atoms with van der Waals surface area (Å²) < 4.78 is 37.2.